The van der Waals surface area contributed by atoms with Gasteiger partial charge in [-0.05, 0) is 37.7 Å². The minimum absolute atomic E-state index is 0.112. The molecule has 39 heavy (non-hydrogen) atoms. The lowest BCUT2D eigenvalue weighted by Crippen LogP contribution is -2.47. The zero-order valence-corrected chi connectivity index (χ0v) is 24.5. The van der Waals surface area contributed by atoms with Crippen LogP contribution < -0.4 is 5.32 Å². The molecule has 5 heteroatoms. The molecule has 0 spiro atoms. The number of fused-ring (bicyclic) bond motifs is 2. The Balaban J connectivity index is 1.26. The van der Waals surface area contributed by atoms with E-state index in [9.17, 15) is 4.79 Å². The number of piperazine rings is 1. The average molecular weight is 531 g/mol. The maximum Gasteiger partial charge on any atom is 0.254 e. The molecule has 212 valence electrons. The van der Waals surface area contributed by atoms with Crippen LogP contribution in [0.5, 0.6) is 0 Å². The molecule has 1 aliphatic rings. The molecule has 0 aliphatic carbocycles. The molecule has 1 aromatic heterocycles. The molecule has 0 bridgehead atoms. The molecule has 1 aliphatic heterocycles. The van der Waals surface area contributed by atoms with Crippen LogP contribution in [0.3, 0.4) is 0 Å². The first-order valence-corrected chi connectivity index (χ1v) is 15.7. The first-order valence-electron chi connectivity index (χ1n) is 15.7. The van der Waals surface area contributed by atoms with Gasteiger partial charge in [0.1, 0.15) is 0 Å². The summed E-state index contributed by atoms with van der Waals surface area (Å²) in [6.07, 6.45) is 17.8. The minimum Gasteiger partial charge on any atom is -0.384 e. The molecule has 2 heterocycles. The van der Waals surface area contributed by atoms with Crippen LogP contribution >= 0.6 is 0 Å². The molecular formula is C34H50N4O. The number of likely N-dealkylation sites (N-methyl/N-ethyl adjacent to an activating group) is 1. The van der Waals surface area contributed by atoms with E-state index in [1.807, 2.05) is 23.1 Å². The van der Waals surface area contributed by atoms with Crippen molar-refractivity contribution in [3.63, 3.8) is 0 Å². The van der Waals surface area contributed by atoms with Gasteiger partial charge in [0.25, 0.3) is 5.91 Å². The first-order chi connectivity index (χ1) is 19.2. The van der Waals surface area contributed by atoms with Crippen molar-refractivity contribution in [3.05, 3.63) is 48.0 Å². The summed E-state index contributed by atoms with van der Waals surface area (Å²) in [6.45, 7) is 6.66. The van der Waals surface area contributed by atoms with Crippen molar-refractivity contribution in [2.24, 2.45) is 0 Å². The summed E-state index contributed by atoms with van der Waals surface area (Å²) in [6, 6.07) is 14.4. The molecule has 1 amide bonds. The number of unbranched alkanes of at least 4 members (excludes halogenated alkanes) is 12. The summed E-state index contributed by atoms with van der Waals surface area (Å²) in [7, 11) is 2.11. The van der Waals surface area contributed by atoms with Crippen molar-refractivity contribution < 1.29 is 4.79 Å². The number of nitrogens with one attached hydrogen (secondary N) is 1. The van der Waals surface area contributed by atoms with E-state index in [0.29, 0.717) is 0 Å². The second-order valence-electron chi connectivity index (χ2n) is 11.5. The molecule has 1 saturated heterocycles. The minimum atomic E-state index is 0.112. The van der Waals surface area contributed by atoms with Gasteiger partial charge in [0.15, 0.2) is 0 Å². The number of para-hydroxylation sites is 1. The lowest BCUT2D eigenvalue weighted by molar-refractivity contribution is 0.0664. The summed E-state index contributed by atoms with van der Waals surface area (Å²) in [5, 5.41) is 5.99. The summed E-state index contributed by atoms with van der Waals surface area (Å²) in [5.74, 6) is 0.112. The average Bonchev–Trinajstić information content (AvgIpc) is 2.96. The molecule has 0 radical (unpaired) electrons. The predicted octanol–water partition coefficient (Wildman–Crippen LogP) is 8.28. The van der Waals surface area contributed by atoms with Gasteiger partial charge in [-0.25, -0.2) is 4.98 Å². The Kier molecular flexibility index (Phi) is 11.9. The van der Waals surface area contributed by atoms with Crippen LogP contribution in [0.25, 0.3) is 21.8 Å². The Bertz CT molecular complexity index is 1170. The summed E-state index contributed by atoms with van der Waals surface area (Å²) in [5.41, 5.74) is 3.74. The fourth-order valence-corrected chi connectivity index (χ4v) is 5.76. The van der Waals surface area contributed by atoms with Gasteiger partial charge < -0.3 is 15.1 Å². The summed E-state index contributed by atoms with van der Waals surface area (Å²) in [4.78, 5) is 22.4. The number of pyridine rings is 1. The van der Waals surface area contributed by atoms with E-state index in [2.05, 4.69) is 48.5 Å². The molecule has 4 rings (SSSR count). The van der Waals surface area contributed by atoms with E-state index in [0.717, 1.165) is 65.8 Å². The van der Waals surface area contributed by atoms with Crippen molar-refractivity contribution in [2.75, 3.05) is 45.1 Å². The van der Waals surface area contributed by atoms with Gasteiger partial charge in [0.2, 0.25) is 0 Å². The molecule has 0 atom stereocenters. The van der Waals surface area contributed by atoms with Crippen molar-refractivity contribution >= 4 is 33.4 Å². The van der Waals surface area contributed by atoms with E-state index >= 15 is 0 Å². The van der Waals surface area contributed by atoms with E-state index < -0.39 is 0 Å². The van der Waals surface area contributed by atoms with Gasteiger partial charge in [0.05, 0.1) is 16.7 Å². The lowest BCUT2D eigenvalue weighted by Gasteiger charge is -2.32. The highest BCUT2D eigenvalue weighted by molar-refractivity contribution is 6.09. The fraction of sp³-hybridized carbons (Fsp3) is 0.588. The van der Waals surface area contributed by atoms with Crippen molar-refractivity contribution in [2.45, 2.75) is 90.4 Å². The largest absolute Gasteiger partial charge is 0.384 e. The maximum atomic E-state index is 13.2. The number of rotatable bonds is 16. The molecule has 1 N–H and O–H groups in total. The quantitative estimate of drug-likeness (QED) is 0.149. The Morgan fingerprint density at radius 3 is 2.00 bits per heavy atom. The number of carbonyl (C=O) groups is 1. The molecule has 2 aromatic carbocycles. The number of hydrogen-bond donors (Lipinski definition) is 1. The molecule has 0 unspecified atom stereocenters. The highest BCUT2D eigenvalue weighted by atomic mass is 16.2. The molecular weight excluding hydrogens is 480 g/mol. The topological polar surface area (TPSA) is 48.5 Å². The molecule has 5 nitrogen and oxygen atoms in total. The van der Waals surface area contributed by atoms with Gasteiger partial charge in [-0.1, -0.05) is 102 Å². The van der Waals surface area contributed by atoms with E-state index in [1.54, 1.807) is 0 Å². The standard InChI is InChI=1S/C34H50N4O/c1-3-4-5-6-7-8-9-10-11-12-13-14-17-22-35-33-29-18-15-16-19-31(29)36-32-27-28(20-21-30(32)33)34(39)38-25-23-37(2)24-26-38/h15-16,18-21,27H,3-14,17,22-26H2,1-2H3,(H,35,36). The van der Waals surface area contributed by atoms with E-state index in [1.165, 1.54) is 83.5 Å². The molecule has 0 saturated carbocycles. The van der Waals surface area contributed by atoms with Gasteiger partial charge in [-0.3, -0.25) is 4.79 Å². The fourth-order valence-electron chi connectivity index (χ4n) is 5.76. The highest BCUT2D eigenvalue weighted by Crippen LogP contribution is 2.31. The second kappa shape index (κ2) is 15.8. The van der Waals surface area contributed by atoms with Gasteiger partial charge in [-0.15, -0.1) is 0 Å². The lowest BCUT2D eigenvalue weighted by atomic mass is 10.0. The second-order valence-corrected chi connectivity index (χ2v) is 11.5. The SMILES string of the molecule is CCCCCCCCCCCCCCCNc1c2ccccc2nc2cc(C(=O)N3CCN(C)CC3)ccc12. The third-order valence-electron chi connectivity index (χ3n) is 8.30. The monoisotopic (exact) mass is 530 g/mol. The number of benzene rings is 2. The van der Waals surface area contributed by atoms with Crippen LogP contribution in [0.2, 0.25) is 0 Å². The predicted molar refractivity (Wildman–Crippen MR) is 167 cm³/mol. The number of hydrogen-bond acceptors (Lipinski definition) is 4. The van der Waals surface area contributed by atoms with E-state index in [4.69, 9.17) is 4.98 Å². The Labute approximate surface area is 236 Å². The zero-order chi connectivity index (χ0) is 27.3. The zero-order valence-electron chi connectivity index (χ0n) is 24.5. The van der Waals surface area contributed by atoms with Crippen LogP contribution in [0.15, 0.2) is 42.5 Å². The van der Waals surface area contributed by atoms with Crippen molar-refractivity contribution in [1.82, 2.24) is 14.8 Å². The van der Waals surface area contributed by atoms with Crippen molar-refractivity contribution in [3.8, 4) is 0 Å². The third kappa shape index (κ3) is 8.66. The van der Waals surface area contributed by atoms with Crippen molar-refractivity contribution in [1.29, 1.82) is 0 Å². The van der Waals surface area contributed by atoms with Gasteiger partial charge in [0, 0.05) is 49.1 Å². The first kappa shape index (κ1) is 29.3. The van der Waals surface area contributed by atoms with Gasteiger partial charge >= 0.3 is 0 Å². The third-order valence-corrected chi connectivity index (χ3v) is 8.30. The molecule has 3 aromatic rings. The highest BCUT2D eigenvalue weighted by Gasteiger charge is 2.21. The smallest absolute Gasteiger partial charge is 0.254 e. The van der Waals surface area contributed by atoms with Crippen LogP contribution in [0, 0.1) is 0 Å². The van der Waals surface area contributed by atoms with Crippen LogP contribution in [-0.4, -0.2) is 60.5 Å². The van der Waals surface area contributed by atoms with Crippen LogP contribution in [0.1, 0.15) is 101 Å². The summed E-state index contributed by atoms with van der Waals surface area (Å²) < 4.78 is 0. The number of amides is 1. The Morgan fingerprint density at radius 2 is 1.33 bits per heavy atom. The van der Waals surface area contributed by atoms with Crippen LogP contribution in [0.4, 0.5) is 5.69 Å². The van der Waals surface area contributed by atoms with Crippen LogP contribution in [-0.2, 0) is 0 Å². The normalized spacial score (nSPS) is 14.4. The number of aromatic nitrogens is 1. The Morgan fingerprint density at radius 1 is 0.744 bits per heavy atom. The van der Waals surface area contributed by atoms with Gasteiger partial charge in [-0.2, -0.15) is 0 Å². The number of anilines is 1. The van der Waals surface area contributed by atoms with E-state index in [-0.39, 0.29) is 5.91 Å². The maximum absolute atomic E-state index is 13.2. The summed E-state index contributed by atoms with van der Waals surface area (Å²) >= 11 is 0. The Hall–Kier alpha value is -2.66. The molecule has 1 fully saturated rings. The number of carbonyl (C=O) groups excluding carboxylic acids is 1. The number of nitrogens with zero attached hydrogens (tertiary/aromatic N) is 3.